The summed E-state index contributed by atoms with van der Waals surface area (Å²) in [5.41, 5.74) is 0.386. The van der Waals surface area contributed by atoms with E-state index < -0.39 is 4.92 Å². The third-order valence-electron chi connectivity index (χ3n) is 4.43. The second-order valence-corrected chi connectivity index (χ2v) is 5.95. The molecule has 7 nitrogen and oxygen atoms in total. The Morgan fingerprint density at radius 1 is 1.25 bits per heavy atom. The Morgan fingerprint density at radius 2 is 1.96 bits per heavy atom. The van der Waals surface area contributed by atoms with Crippen molar-refractivity contribution in [3.8, 4) is 0 Å². The third kappa shape index (κ3) is 3.62. The van der Waals surface area contributed by atoms with Gasteiger partial charge in [-0.1, -0.05) is 0 Å². The standard InChI is InChI=1S/C17H19N3O4/c21-17(13-5-7-14(8-6-13)20(22)23)18-12-15(16-4-3-11-24-16)19-9-1-2-10-19/h3-8,11,15H,1-2,9-10,12H2,(H,18,21)/p+1/t15-/m1/s1. The molecule has 0 unspecified atom stereocenters. The Balaban J connectivity index is 1.65. The maximum absolute atomic E-state index is 12.3. The van der Waals surface area contributed by atoms with Gasteiger partial charge in [-0.2, -0.15) is 0 Å². The number of hydrogen-bond donors (Lipinski definition) is 2. The van der Waals surface area contributed by atoms with Gasteiger partial charge in [-0.25, -0.2) is 0 Å². The van der Waals surface area contributed by atoms with Crippen LogP contribution in [-0.4, -0.2) is 30.5 Å². The average Bonchev–Trinajstić information content (AvgIpc) is 3.29. The smallest absolute Gasteiger partial charge is 0.269 e. The molecule has 3 rings (SSSR count). The number of furan rings is 1. The van der Waals surface area contributed by atoms with Crippen LogP contribution in [0.25, 0.3) is 0 Å². The molecule has 1 atom stereocenters. The van der Waals surface area contributed by atoms with E-state index in [9.17, 15) is 14.9 Å². The second-order valence-electron chi connectivity index (χ2n) is 5.95. The number of likely N-dealkylation sites (tertiary alicyclic amines) is 1. The van der Waals surface area contributed by atoms with Crippen LogP contribution < -0.4 is 10.2 Å². The zero-order valence-electron chi connectivity index (χ0n) is 13.2. The molecule has 126 valence electrons. The Labute approximate surface area is 139 Å². The van der Waals surface area contributed by atoms with E-state index in [1.807, 2.05) is 12.1 Å². The number of carbonyl (C=O) groups excluding carboxylic acids is 1. The minimum atomic E-state index is -0.481. The number of nitro benzene ring substituents is 1. The van der Waals surface area contributed by atoms with Crippen LogP contribution in [0.4, 0.5) is 5.69 Å². The number of hydrogen-bond acceptors (Lipinski definition) is 4. The Kier molecular flexibility index (Phi) is 4.90. The number of nitrogens with one attached hydrogen (secondary N) is 2. The number of benzene rings is 1. The van der Waals surface area contributed by atoms with Crippen molar-refractivity contribution in [1.29, 1.82) is 0 Å². The van der Waals surface area contributed by atoms with E-state index in [2.05, 4.69) is 5.32 Å². The molecule has 0 spiro atoms. The number of carbonyl (C=O) groups is 1. The van der Waals surface area contributed by atoms with Gasteiger partial charge in [0.2, 0.25) is 0 Å². The lowest BCUT2D eigenvalue weighted by molar-refractivity contribution is -0.919. The van der Waals surface area contributed by atoms with Gasteiger partial charge < -0.3 is 14.6 Å². The van der Waals surface area contributed by atoms with Gasteiger partial charge in [-0.05, 0) is 24.3 Å². The fourth-order valence-corrected chi connectivity index (χ4v) is 3.14. The Hall–Kier alpha value is -2.67. The maximum atomic E-state index is 12.3. The van der Waals surface area contributed by atoms with Crippen molar-refractivity contribution in [2.75, 3.05) is 19.6 Å². The topological polar surface area (TPSA) is 89.8 Å². The predicted octanol–water partition coefficient (Wildman–Crippen LogP) is 1.34. The molecule has 1 aromatic carbocycles. The molecular weight excluding hydrogens is 310 g/mol. The van der Waals surface area contributed by atoms with Crippen LogP contribution in [0.15, 0.2) is 47.1 Å². The summed E-state index contributed by atoms with van der Waals surface area (Å²) in [4.78, 5) is 23.9. The second kappa shape index (κ2) is 7.27. The zero-order chi connectivity index (χ0) is 16.9. The minimum absolute atomic E-state index is 0.0264. The molecular formula is C17H20N3O4+. The first kappa shape index (κ1) is 16.2. The van der Waals surface area contributed by atoms with E-state index in [-0.39, 0.29) is 17.6 Å². The van der Waals surface area contributed by atoms with Gasteiger partial charge in [0.1, 0.15) is 0 Å². The summed E-state index contributed by atoms with van der Waals surface area (Å²) in [6.07, 6.45) is 4.02. The van der Waals surface area contributed by atoms with E-state index in [0.29, 0.717) is 12.1 Å². The molecule has 1 fully saturated rings. The van der Waals surface area contributed by atoms with Crippen LogP contribution in [0.5, 0.6) is 0 Å². The van der Waals surface area contributed by atoms with Gasteiger partial charge in [0, 0.05) is 30.5 Å². The van der Waals surface area contributed by atoms with Crippen molar-refractivity contribution in [2.24, 2.45) is 0 Å². The zero-order valence-corrected chi connectivity index (χ0v) is 13.2. The van der Waals surface area contributed by atoms with Gasteiger partial charge in [0.25, 0.3) is 11.6 Å². The van der Waals surface area contributed by atoms with Crippen molar-refractivity contribution in [1.82, 2.24) is 5.32 Å². The number of rotatable bonds is 6. The molecule has 1 amide bonds. The summed E-state index contributed by atoms with van der Waals surface area (Å²) < 4.78 is 5.54. The summed E-state index contributed by atoms with van der Waals surface area (Å²) in [7, 11) is 0. The van der Waals surface area contributed by atoms with Crippen molar-refractivity contribution in [3.63, 3.8) is 0 Å². The first-order chi connectivity index (χ1) is 11.6. The van der Waals surface area contributed by atoms with Gasteiger partial charge in [-0.3, -0.25) is 14.9 Å². The molecule has 1 aromatic heterocycles. The van der Waals surface area contributed by atoms with Crippen LogP contribution in [0.2, 0.25) is 0 Å². The van der Waals surface area contributed by atoms with Crippen molar-refractivity contribution < 1.29 is 19.0 Å². The summed E-state index contributed by atoms with van der Waals surface area (Å²) in [5.74, 6) is 0.635. The molecule has 7 heteroatoms. The number of non-ortho nitro benzene ring substituents is 1. The lowest BCUT2D eigenvalue weighted by atomic mass is 10.1. The largest absolute Gasteiger partial charge is 0.463 e. The highest BCUT2D eigenvalue weighted by molar-refractivity contribution is 5.94. The van der Waals surface area contributed by atoms with Crippen LogP contribution >= 0.6 is 0 Å². The molecule has 24 heavy (non-hydrogen) atoms. The van der Waals surface area contributed by atoms with E-state index >= 15 is 0 Å². The van der Waals surface area contributed by atoms with Crippen molar-refractivity contribution >= 4 is 11.6 Å². The summed E-state index contributed by atoms with van der Waals surface area (Å²) >= 11 is 0. The summed E-state index contributed by atoms with van der Waals surface area (Å²) in [6.45, 7) is 2.61. The molecule has 1 aliphatic rings. The average molecular weight is 330 g/mol. The lowest BCUT2D eigenvalue weighted by Crippen LogP contribution is -3.11. The van der Waals surface area contributed by atoms with Crippen LogP contribution in [0.3, 0.4) is 0 Å². The quantitative estimate of drug-likeness (QED) is 0.618. The first-order valence-electron chi connectivity index (χ1n) is 8.06. The van der Waals surface area contributed by atoms with E-state index in [4.69, 9.17) is 4.42 Å². The summed E-state index contributed by atoms with van der Waals surface area (Å²) in [6, 6.07) is 9.50. The van der Waals surface area contributed by atoms with Crippen molar-refractivity contribution in [2.45, 2.75) is 18.9 Å². The number of nitro groups is 1. The molecule has 0 aliphatic carbocycles. The third-order valence-corrected chi connectivity index (χ3v) is 4.43. The van der Waals surface area contributed by atoms with Crippen LogP contribution in [0, 0.1) is 10.1 Å². The maximum Gasteiger partial charge on any atom is 0.269 e. The van der Waals surface area contributed by atoms with E-state index in [1.54, 1.807) is 6.26 Å². The fourth-order valence-electron chi connectivity index (χ4n) is 3.14. The van der Waals surface area contributed by atoms with E-state index in [0.717, 1.165) is 18.8 Å². The number of nitrogens with zero attached hydrogens (tertiary/aromatic N) is 1. The highest BCUT2D eigenvalue weighted by Gasteiger charge is 2.29. The van der Waals surface area contributed by atoms with E-state index in [1.165, 1.54) is 42.0 Å². The number of amides is 1. The van der Waals surface area contributed by atoms with Gasteiger partial charge in [0.05, 0.1) is 30.8 Å². The van der Waals surface area contributed by atoms with Gasteiger partial charge in [0.15, 0.2) is 11.8 Å². The SMILES string of the molecule is O=C(NC[C@H](c1ccco1)[NH+]1CCCC1)c1ccc([N+](=O)[O-])cc1. The molecule has 0 bridgehead atoms. The molecule has 2 N–H and O–H groups in total. The molecule has 1 saturated heterocycles. The first-order valence-corrected chi connectivity index (χ1v) is 8.06. The number of quaternary nitrogens is 1. The van der Waals surface area contributed by atoms with Crippen LogP contribution in [0.1, 0.15) is 35.0 Å². The normalized spacial score (nSPS) is 16.0. The molecule has 0 saturated carbocycles. The minimum Gasteiger partial charge on any atom is -0.463 e. The Morgan fingerprint density at radius 3 is 2.54 bits per heavy atom. The Bertz CT molecular complexity index is 691. The lowest BCUT2D eigenvalue weighted by Gasteiger charge is -2.23. The fraction of sp³-hybridized carbons (Fsp3) is 0.353. The molecule has 0 radical (unpaired) electrons. The monoisotopic (exact) mass is 330 g/mol. The molecule has 2 aromatic rings. The highest BCUT2D eigenvalue weighted by Crippen LogP contribution is 2.13. The highest BCUT2D eigenvalue weighted by atomic mass is 16.6. The predicted molar refractivity (Wildman–Crippen MR) is 86.8 cm³/mol. The van der Waals surface area contributed by atoms with Crippen molar-refractivity contribution in [3.05, 3.63) is 64.1 Å². The van der Waals surface area contributed by atoms with Crippen LogP contribution in [-0.2, 0) is 0 Å². The summed E-state index contributed by atoms with van der Waals surface area (Å²) in [5, 5.41) is 13.6. The molecule has 2 heterocycles. The van der Waals surface area contributed by atoms with Gasteiger partial charge in [-0.15, -0.1) is 0 Å². The van der Waals surface area contributed by atoms with Gasteiger partial charge >= 0.3 is 0 Å². The molecule has 1 aliphatic heterocycles.